The van der Waals surface area contributed by atoms with Crippen LogP contribution in [0.5, 0.6) is 0 Å². The molecule has 2 nitrogen and oxygen atoms in total. The molecule has 1 saturated heterocycles. The minimum atomic E-state index is 0.718. The lowest BCUT2D eigenvalue weighted by Gasteiger charge is -2.32. The van der Waals surface area contributed by atoms with E-state index in [1.165, 1.54) is 56.3 Å². The van der Waals surface area contributed by atoms with E-state index in [1.807, 2.05) is 0 Å². The molecule has 1 heterocycles. The van der Waals surface area contributed by atoms with Gasteiger partial charge in [-0.15, -0.1) is 0 Å². The predicted molar refractivity (Wildman–Crippen MR) is 89.4 cm³/mol. The number of hydrogen-bond donors (Lipinski definition) is 1. The van der Waals surface area contributed by atoms with Crippen LogP contribution in [0, 0.1) is 5.92 Å². The van der Waals surface area contributed by atoms with Crippen LogP contribution in [-0.2, 0) is 13.0 Å². The molecule has 0 atom stereocenters. The van der Waals surface area contributed by atoms with E-state index in [-0.39, 0.29) is 0 Å². The molecular weight excluding hydrogens is 256 g/mol. The maximum absolute atomic E-state index is 3.75. The first kappa shape index (κ1) is 15.1. The maximum atomic E-state index is 3.75. The summed E-state index contributed by atoms with van der Waals surface area (Å²) >= 11 is 0. The number of likely N-dealkylation sites (tertiary alicyclic amines) is 1. The second kappa shape index (κ2) is 6.93. The fourth-order valence-corrected chi connectivity index (χ4v) is 3.44. The van der Waals surface area contributed by atoms with Crippen LogP contribution in [0.1, 0.15) is 50.7 Å². The van der Waals surface area contributed by atoms with E-state index in [9.17, 15) is 0 Å². The number of benzene rings is 1. The van der Waals surface area contributed by atoms with Crippen LogP contribution in [0.25, 0.3) is 0 Å². The van der Waals surface area contributed by atoms with Crippen LogP contribution in [0.3, 0.4) is 0 Å². The zero-order valence-corrected chi connectivity index (χ0v) is 13.6. The third-order valence-electron chi connectivity index (χ3n) is 4.85. The summed E-state index contributed by atoms with van der Waals surface area (Å²) in [5, 5.41) is 3.75. The Bertz CT molecular complexity index is 425. The average molecular weight is 286 g/mol. The van der Waals surface area contributed by atoms with E-state index in [0.29, 0.717) is 0 Å². The second-order valence-corrected chi connectivity index (χ2v) is 7.34. The molecule has 1 aromatic rings. The van der Waals surface area contributed by atoms with Crippen molar-refractivity contribution in [3.05, 3.63) is 35.4 Å². The fourth-order valence-electron chi connectivity index (χ4n) is 3.44. The Kier molecular flexibility index (Phi) is 4.97. The molecule has 1 aliphatic carbocycles. The molecule has 0 radical (unpaired) electrons. The van der Waals surface area contributed by atoms with Gasteiger partial charge in [0.15, 0.2) is 0 Å². The van der Waals surface area contributed by atoms with Crippen molar-refractivity contribution in [3.63, 3.8) is 0 Å². The number of hydrogen-bond acceptors (Lipinski definition) is 2. The van der Waals surface area contributed by atoms with Crippen LogP contribution >= 0.6 is 0 Å². The average Bonchev–Trinajstić information content (AvgIpc) is 3.31. The molecule has 1 saturated carbocycles. The van der Waals surface area contributed by atoms with Crippen molar-refractivity contribution in [1.82, 2.24) is 10.2 Å². The van der Waals surface area contributed by atoms with Gasteiger partial charge in [-0.1, -0.05) is 38.1 Å². The monoisotopic (exact) mass is 286 g/mol. The van der Waals surface area contributed by atoms with Gasteiger partial charge in [0.05, 0.1) is 0 Å². The lowest BCUT2D eigenvalue weighted by atomic mass is 10.0. The topological polar surface area (TPSA) is 15.3 Å². The number of rotatable bonds is 6. The molecule has 116 valence electrons. The normalized spacial score (nSPS) is 21.1. The van der Waals surface area contributed by atoms with E-state index in [0.717, 1.165) is 24.5 Å². The third kappa shape index (κ3) is 4.55. The number of piperidine rings is 1. The zero-order chi connectivity index (χ0) is 14.7. The number of nitrogens with zero attached hydrogens (tertiary/aromatic N) is 1. The van der Waals surface area contributed by atoms with E-state index < -0.39 is 0 Å². The predicted octanol–water partition coefficient (Wildman–Crippen LogP) is 3.60. The Morgan fingerprint density at radius 3 is 2.19 bits per heavy atom. The van der Waals surface area contributed by atoms with Crippen LogP contribution < -0.4 is 5.32 Å². The highest BCUT2D eigenvalue weighted by molar-refractivity contribution is 5.22. The Morgan fingerprint density at radius 2 is 1.62 bits per heavy atom. The van der Waals surface area contributed by atoms with E-state index in [4.69, 9.17) is 0 Å². The lowest BCUT2D eigenvalue weighted by Crippen LogP contribution is -2.43. The van der Waals surface area contributed by atoms with Gasteiger partial charge in [0.2, 0.25) is 0 Å². The summed E-state index contributed by atoms with van der Waals surface area (Å²) in [6, 6.07) is 10.8. The summed E-state index contributed by atoms with van der Waals surface area (Å²) in [6.07, 6.45) is 6.72. The summed E-state index contributed by atoms with van der Waals surface area (Å²) < 4.78 is 0. The van der Waals surface area contributed by atoms with Crippen LogP contribution in [0.2, 0.25) is 0 Å². The lowest BCUT2D eigenvalue weighted by molar-refractivity contribution is 0.189. The van der Waals surface area contributed by atoms with Crippen molar-refractivity contribution < 1.29 is 0 Å². The molecule has 0 spiro atoms. The smallest absolute Gasteiger partial charge is 0.0208 e. The van der Waals surface area contributed by atoms with Gasteiger partial charge >= 0.3 is 0 Å². The molecule has 21 heavy (non-hydrogen) atoms. The second-order valence-electron chi connectivity index (χ2n) is 7.34. The highest BCUT2D eigenvalue weighted by Crippen LogP contribution is 2.29. The van der Waals surface area contributed by atoms with Gasteiger partial charge in [0.1, 0.15) is 0 Å². The fraction of sp³-hybridized carbons (Fsp3) is 0.684. The highest BCUT2D eigenvalue weighted by Gasteiger charge is 2.31. The summed E-state index contributed by atoms with van der Waals surface area (Å²) in [7, 11) is 0. The van der Waals surface area contributed by atoms with Crippen LogP contribution in [0.4, 0.5) is 0 Å². The first-order valence-electron chi connectivity index (χ1n) is 8.76. The molecule has 2 aliphatic rings. The van der Waals surface area contributed by atoms with Crippen molar-refractivity contribution in [3.8, 4) is 0 Å². The van der Waals surface area contributed by atoms with Gasteiger partial charge in [-0.25, -0.2) is 0 Å². The minimum absolute atomic E-state index is 0.718. The van der Waals surface area contributed by atoms with Gasteiger partial charge in [-0.3, -0.25) is 0 Å². The molecule has 0 aromatic heterocycles. The Morgan fingerprint density at radius 1 is 1.00 bits per heavy atom. The maximum Gasteiger partial charge on any atom is 0.0208 e. The van der Waals surface area contributed by atoms with Gasteiger partial charge in [0, 0.05) is 18.6 Å². The first-order chi connectivity index (χ1) is 10.2. The van der Waals surface area contributed by atoms with E-state index >= 15 is 0 Å². The summed E-state index contributed by atoms with van der Waals surface area (Å²) in [5.74, 6) is 0.741. The summed E-state index contributed by atoms with van der Waals surface area (Å²) in [6.45, 7) is 8.19. The van der Waals surface area contributed by atoms with Gasteiger partial charge in [-0.05, 0) is 62.2 Å². The summed E-state index contributed by atoms with van der Waals surface area (Å²) in [4.78, 5) is 2.69. The zero-order valence-electron chi connectivity index (χ0n) is 13.6. The van der Waals surface area contributed by atoms with Gasteiger partial charge in [0.25, 0.3) is 0 Å². The first-order valence-corrected chi connectivity index (χ1v) is 8.76. The molecule has 1 aliphatic heterocycles. The Hall–Kier alpha value is -0.860. The van der Waals surface area contributed by atoms with Gasteiger partial charge < -0.3 is 10.2 Å². The standard InChI is InChI=1S/C19H30N2/c1-15(2)13-16-3-5-17(6-4-16)14-20-18-9-11-21(12-10-18)19-7-8-19/h3-6,15,18-20H,7-14H2,1-2H3. The molecule has 0 unspecified atom stereocenters. The molecular formula is C19H30N2. The van der Waals surface area contributed by atoms with Crippen molar-refractivity contribution in [2.75, 3.05) is 13.1 Å². The van der Waals surface area contributed by atoms with Crippen molar-refractivity contribution in [2.24, 2.45) is 5.92 Å². The largest absolute Gasteiger partial charge is 0.310 e. The summed E-state index contributed by atoms with van der Waals surface area (Å²) in [5.41, 5.74) is 2.89. The van der Waals surface area contributed by atoms with Gasteiger partial charge in [-0.2, -0.15) is 0 Å². The molecule has 1 aromatic carbocycles. The molecule has 3 rings (SSSR count). The molecule has 0 amide bonds. The van der Waals surface area contributed by atoms with Crippen molar-refractivity contribution in [2.45, 2.75) is 64.6 Å². The van der Waals surface area contributed by atoms with Crippen LogP contribution in [0.15, 0.2) is 24.3 Å². The third-order valence-corrected chi connectivity index (χ3v) is 4.85. The van der Waals surface area contributed by atoms with E-state index in [2.05, 4.69) is 48.3 Å². The minimum Gasteiger partial charge on any atom is -0.310 e. The molecule has 0 bridgehead atoms. The van der Waals surface area contributed by atoms with Crippen molar-refractivity contribution >= 4 is 0 Å². The van der Waals surface area contributed by atoms with E-state index in [1.54, 1.807) is 0 Å². The number of nitrogens with one attached hydrogen (secondary N) is 1. The Labute approximate surface area is 129 Å². The Balaban J connectivity index is 1.40. The quantitative estimate of drug-likeness (QED) is 0.859. The molecule has 1 N–H and O–H groups in total. The highest BCUT2D eigenvalue weighted by atomic mass is 15.2. The SMILES string of the molecule is CC(C)Cc1ccc(CNC2CCN(C3CC3)CC2)cc1. The molecule has 2 heteroatoms. The van der Waals surface area contributed by atoms with Crippen molar-refractivity contribution in [1.29, 1.82) is 0 Å². The molecule has 2 fully saturated rings. The van der Waals surface area contributed by atoms with Crippen LogP contribution in [-0.4, -0.2) is 30.1 Å².